The highest BCUT2D eigenvalue weighted by atomic mass is 79.9. The fourth-order valence-electron chi connectivity index (χ4n) is 1.53. The van der Waals surface area contributed by atoms with Crippen LogP contribution in [0.2, 0.25) is 0 Å². The predicted octanol–water partition coefficient (Wildman–Crippen LogP) is 2.97. The van der Waals surface area contributed by atoms with E-state index in [0.717, 1.165) is 16.5 Å². The van der Waals surface area contributed by atoms with Gasteiger partial charge in [-0.1, -0.05) is 50.5 Å². The standard InChI is InChI=1S/C12H11BrN2O2/c1-16-15-12(11-6-7-17-14-11)10-5-3-2-4-9(10)8-13/h2-7H,8H2,1H3/b15-12+. The van der Waals surface area contributed by atoms with Crippen LogP contribution < -0.4 is 0 Å². The van der Waals surface area contributed by atoms with Gasteiger partial charge in [0.1, 0.15) is 24.8 Å². The van der Waals surface area contributed by atoms with Gasteiger partial charge in [0.25, 0.3) is 0 Å². The third-order valence-corrected chi connectivity index (χ3v) is 2.88. The van der Waals surface area contributed by atoms with Crippen molar-refractivity contribution in [2.75, 3.05) is 7.11 Å². The lowest BCUT2D eigenvalue weighted by Crippen LogP contribution is -2.07. The number of halogens is 1. The van der Waals surface area contributed by atoms with E-state index < -0.39 is 0 Å². The van der Waals surface area contributed by atoms with Gasteiger partial charge in [-0.2, -0.15) is 0 Å². The Morgan fingerprint density at radius 1 is 1.41 bits per heavy atom. The van der Waals surface area contributed by atoms with Crippen molar-refractivity contribution < 1.29 is 9.36 Å². The van der Waals surface area contributed by atoms with E-state index in [4.69, 9.17) is 9.36 Å². The maximum atomic E-state index is 4.87. The molecule has 0 saturated heterocycles. The Hall–Kier alpha value is -1.62. The van der Waals surface area contributed by atoms with Crippen LogP contribution in [0.5, 0.6) is 0 Å². The number of oxime groups is 1. The molecule has 5 heteroatoms. The molecular weight excluding hydrogens is 284 g/mol. The molecule has 0 aliphatic heterocycles. The van der Waals surface area contributed by atoms with Gasteiger partial charge < -0.3 is 9.36 Å². The molecule has 88 valence electrons. The third-order valence-electron chi connectivity index (χ3n) is 2.28. The van der Waals surface area contributed by atoms with Crippen LogP contribution in [0.25, 0.3) is 0 Å². The number of hydrogen-bond donors (Lipinski definition) is 0. The Kier molecular flexibility index (Phi) is 3.93. The van der Waals surface area contributed by atoms with Crippen LogP contribution in [0.1, 0.15) is 16.8 Å². The van der Waals surface area contributed by atoms with Crippen LogP contribution in [0.15, 0.2) is 46.3 Å². The molecule has 0 fully saturated rings. The second-order valence-corrected chi connectivity index (χ2v) is 3.86. The van der Waals surface area contributed by atoms with Crippen LogP contribution in [0.3, 0.4) is 0 Å². The molecule has 2 aromatic rings. The zero-order valence-corrected chi connectivity index (χ0v) is 10.8. The molecule has 2 rings (SSSR count). The molecule has 1 aromatic heterocycles. The number of alkyl halides is 1. The minimum Gasteiger partial charge on any atom is -0.399 e. The summed E-state index contributed by atoms with van der Waals surface area (Å²) in [6.45, 7) is 0. The summed E-state index contributed by atoms with van der Waals surface area (Å²) in [5.41, 5.74) is 3.41. The molecule has 0 spiro atoms. The maximum absolute atomic E-state index is 4.87. The molecule has 0 amide bonds. The van der Waals surface area contributed by atoms with E-state index in [1.807, 2.05) is 24.3 Å². The zero-order chi connectivity index (χ0) is 12.1. The van der Waals surface area contributed by atoms with E-state index in [-0.39, 0.29) is 0 Å². The molecule has 0 saturated carbocycles. The maximum Gasteiger partial charge on any atom is 0.139 e. The van der Waals surface area contributed by atoms with E-state index >= 15 is 0 Å². The monoisotopic (exact) mass is 294 g/mol. The fourth-order valence-corrected chi connectivity index (χ4v) is 2.02. The fraction of sp³-hybridized carbons (Fsp3) is 0.167. The van der Waals surface area contributed by atoms with Crippen LogP contribution in [0, 0.1) is 0 Å². The summed E-state index contributed by atoms with van der Waals surface area (Å²) in [6, 6.07) is 9.68. The summed E-state index contributed by atoms with van der Waals surface area (Å²) >= 11 is 3.45. The average molecular weight is 295 g/mol. The van der Waals surface area contributed by atoms with Gasteiger partial charge in [0.15, 0.2) is 0 Å². The topological polar surface area (TPSA) is 47.6 Å². The molecule has 1 aromatic carbocycles. The van der Waals surface area contributed by atoms with Crippen molar-refractivity contribution in [2.24, 2.45) is 5.16 Å². The SMILES string of the molecule is CO/N=C(/c1ccon1)c1ccccc1CBr. The lowest BCUT2D eigenvalue weighted by atomic mass is 10.0. The first-order valence-electron chi connectivity index (χ1n) is 5.03. The number of benzene rings is 1. The zero-order valence-electron chi connectivity index (χ0n) is 9.26. The Morgan fingerprint density at radius 2 is 2.24 bits per heavy atom. The van der Waals surface area contributed by atoms with Crippen LogP contribution in [-0.2, 0) is 10.2 Å². The average Bonchev–Trinajstić information content (AvgIpc) is 2.89. The first-order valence-corrected chi connectivity index (χ1v) is 6.15. The summed E-state index contributed by atoms with van der Waals surface area (Å²) in [4.78, 5) is 4.87. The van der Waals surface area contributed by atoms with Crippen LogP contribution in [0.4, 0.5) is 0 Å². The summed E-state index contributed by atoms with van der Waals surface area (Å²) in [5.74, 6) is 0. The minimum atomic E-state index is 0.653. The number of hydrogen-bond acceptors (Lipinski definition) is 4. The molecule has 0 N–H and O–H groups in total. The normalized spacial score (nSPS) is 11.5. The Labute approximate surface area is 107 Å². The Bertz CT molecular complexity index is 509. The second-order valence-electron chi connectivity index (χ2n) is 3.30. The lowest BCUT2D eigenvalue weighted by Gasteiger charge is -2.07. The van der Waals surface area contributed by atoms with Gasteiger partial charge in [-0.25, -0.2) is 0 Å². The van der Waals surface area contributed by atoms with Crippen molar-refractivity contribution in [1.29, 1.82) is 0 Å². The van der Waals surface area contributed by atoms with Gasteiger partial charge >= 0.3 is 0 Å². The highest BCUT2D eigenvalue weighted by Crippen LogP contribution is 2.17. The van der Waals surface area contributed by atoms with E-state index in [1.165, 1.54) is 13.4 Å². The summed E-state index contributed by atoms with van der Waals surface area (Å²) < 4.78 is 4.84. The van der Waals surface area contributed by atoms with Crippen molar-refractivity contribution in [1.82, 2.24) is 5.16 Å². The third kappa shape index (κ3) is 2.55. The molecule has 1 heterocycles. The summed E-state index contributed by atoms with van der Waals surface area (Å²) in [7, 11) is 1.51. The quantitative estimate of drug-likeness (QED) is 0.495. The van der Waals surface area contributed by atoms with E-state index in [1.54, 1.807) is 6.07 Å². The lowest BCUT2D eigenvalue weighted by molar-refractivity contribution is 0.213. The highest BCUT2D eigenvalue weighted by Gasteiger charge is 2.14. The molecule has 0 aliphatic carbocycles. The van der Waals surface area contributed by atoms with Crippen molar-refractivity contribution >= 4 is 21.6 Å². The largest absolute Gasteiger partial charge is 0.399 e. The van der Waals surface area contributed by atoms with Gasteiger partial charge in [-0.3, -0.25) is 0 Å². The second kappa shape index (κ2) is 5.63. The number of nitrogens with zero attached hydrogens (tertiary/aromatic N) is 2. The van der Waals surface area contributed by atoms with E-state index in [0.29, 0.717) is 11.4 Å². The molecule has 0 aliphatic rings. The van der Waals surface area contributed by atoms with Crippen molar-refractivity contribution in [2.45, 2.75) is 5.33 Å². The van der Waals surface area contributed by atoms with Gasteiger partial charge in [-0.15, -0.1) is 0 Å². The first kappa shape index (κ1) is 11.9. The van der Waals surface area contributed by atoms with Crippen LogP contribution in [-0.4, -0.2) is 18.0 Å². The van der Waals surface area contributed by atoms with Crippen molar-refractivity contribution in [3.05, 3.63) is 53.4 Å². The molecular formula is C12H11BrN2O2. The van der Waals surface area contributed by atoms with Crippen molar-refractivity contribution in [3.8, 4) is 0 Å². The molecule has 17 heavy (non-hydrogen) atoms. The molecule has 0 bridgehead atoms. The number of rotatable bonds is 4. The van der Waals surface area contributed by atoms with Gasteiger partial charge in [-0.05, 0) is 5.56 Å². The molecule has 4 nitrogen and oxygen atoms in total. The smallest absolute Gasteiger partial charge is 0.139 e. The minimum absolute atomic E-state index is 0.653. The first-order chi connectivity index (χ1) is 8.36. The van der Waals surface area contributed by atoms with Gasteiger partial charge in [0.2, 0.25) is 0 Å². The highest BCUT2D eigenvalue weighted by molar-refractivity contribution is 9.08. The molecule has 0 unspecified atom stereocenters. The van der Waals surface area contributed by atoms with E-state index in [2.05, 4.69) is 26.2 Å². The Morgan fingerprint density at radius 3 is 2.88 bits per heavy atom. The molecule has 0 atom stereocenters. The van der Waals surface area contributed by atoms with Gasteiger partial charge in [0.05, 0.1) is 0 Å². The van der Waals surface area contributed by atoms with E-state index in [9.17, 15) is 0 Å². The van der Waals surface area contributed by atoms with Crippen molar-refractivity contribution in [3.63, 3.8) is 0 Å². The molecule has 0 radical (unpaired) electrons. The van der Waals surface area contributed by atoms with Crippen LogP contribution >= 0.6 is 15.9 Å². The Balaban J connectivity index is 2.51. The number of aromatic nitrogens is 1. The summed E-state index contributed by atoms with van der Waals surface area (Å²) in [5, 5.41) is 8.64. The van der Waals surface area contributed by atoms with Gasteiger partial charge in [0, 0.05) is 17.0 Å². The summed E-state index contributed by atoms with van der Waals surface area (Å²) in [6.07, 6.45) is 1.51. The predicted molar refractivity (Wildman–Crippen MR) is 68.2 cm³/mol.